The molecule has 0 spiro atoms. The zero-order chi connectivity index (χ0) is 14.5. The van der Waals surface area contributed by atoms with Crippen LogP contribution < -0.4 is 10.6 Å². The maximum Gasteiger partial charge on any atom is 0.416 e. The predicted octanol–water partition coefficient (Wildman–Crippen LogP) is 2.61. The van der Waals surface area contributed by atoms with E-state index >= 15 is 0 Å². The molecule has 0 unspecified atom stereocenters. The van der Waals surface area contributed by atoms with E-state index in [2.05, 4.69) is 10.6 Å². The van der Waals surface area contributed by atoms with Crippen LogP contribution >= 0.6 is 0 Å². The Kier molecular flexibility index (Phi) is 5.08. The average molecular weight is 282 g/mol. The first-order valence-electron chi connectivity index (χ1n) is 5.28. The molecule has 1 aromatic rings. The van der Waals surface area contributed by atoms with Gasteiger partial charge in [-0.15, -0.1) is 0 Å². The van der Waals surface area contributed by atoms with Gasteiger partial charge in [0.15, 0.2) is 0 Å². The van der Waals surface area contributed by atoms with E-state index in [0.717, 1.165) is 12.1 Å². The van der Waals surface area contributed by atoms with Crippen molar-refractivity contribution in [3.05, 3.63) is 35.1 Å². The van der Waals surface area contributed by atoms with E-state index < -0.39 is 30.3 Å². The molecule has 106 valence electrons. The third-order valence-corrected chi connectivity index (χ3v) is 2.20. The van der Waals surface area contributed by atoms with Crippen molar-refractivity contribution in [3.63, 3.8) is 0 Å². The number of urea groups is 1. The average Bonchev–Trinajstić information content (AvgIpc) is 2.33. The highest BCUT2D eigenvalue weighted by molar-refractivity contribution is 5.73. The molecule has 0 atom stereocenters. The lowest BCUT2D eigenvalue weighted by atomic mass is 10.1. The fourth-order valence-corrected chi connectivity index (χ4v) is 1.27. The number of amides is 2. The number of carbonyl (C=O) groups excluding carboxylic acids is 1. The van der Waals surface area contributed by atoms with Crippen molar-refractivity contribution in [3.8, 4) is 0 Å². The standard InChI is InChI=1S/C11H11F5N2O/c12-3-4-17-10(19)18-6-7-1-2-8(5-9(7)13)11(14,15)16/h1-2,5H,3-4,6H2,(H2,17,18,19). The van der Waals surface area contributed by atoms with E-state index in [9.17, 15) is 26.7 Å². The molecule has 1 rings (SSSR count). The summed E-state index contributed by atoms with van der Waals surface area (Å²) in [6, 6.07) is 1.29. The lowest BCUT2D eigenvalue weighted by molar-refractivity contribution is -0.137. The van der Waals surface area contributed by atoms with E-state index in [1.165, 1.54) is 0 Å². The van der Waals surface area contributed by atoms with Crippen LogP contribution in [0.2, 0.25) is 0 Å². The zero-order valence-corrected chi connectivity index (χ0v) is 9.65. The van der Waals surface area contributed by atoms with Gasteiger partial charge in [-0.3, -0.25) is 0 Å². The Hall–Kier alpha value is -1.86. The maximum absolute atomic E-state index is 13.4. The van der Waals surface area contributed by atoms with Crippen LogP contribution in [-0.4, -0.2) is 19.3 Å². The van der Waals surface area contributed by atoms with Gasteiger partial charge in [0.05, 0.1) is 5.56 Å². The van der Waals surface area contributed by atoms with Crippen molar-refractivity contribution in [2.75, 3.05) is 13.2 Å². The molecule has 0 saturated carbocycles. The molecule has 19 heavy (non-hydrogen) atoms. The van der Waals surface area contributed by atoms with Crippen LogP contribution in [-0.2, 0) is 12.7 Å². The summed E-state index contributed by atoms with van der Waals surface area (Å²) in [6.07, 6.45) is -4.62. The van der Waals surface area contributed by atoms with Crippen LogP contribution in [0.5, 0.6) is 0 Å². The molecule has 0 aliphatic heterocycles. The van der Waals surface area contributed by atoms with Crippen LogP contribution in [0.15, 0.2) is 18.2 Å². The summed E-state index contributed by atoms with van der Waals surface area (Å²) in [5, 5.41) is 4.33. The second-order valence-electron chi connectivity index (χ2n) is 3.60. The SMILES string of the molecule is O=C(NCCF)NCc1ccc(C(F)(F)F)cc1F. The summed E-state index contributed by atoms with van der Waals surface area (Å²) in [4.78, 5) is 11.0. The Morgan fingerprint density at radius 1 is 1.21 bits per heavy atom. The molecule has 8 heteroatoms. The largest absolute Gasteiger partial charge is 0.416 e. The second-order valence-corrected chi connectivity index (χ2v) is 3.60. The summed E-state index contributed by atoms with van der Waals surface area (Å²) in [6.45, 7) is -1.23. The number of nitrogens with one attached hydrogen (secondary N) is 2. The predicted molar refractivity (Wildman–Crippen MR) is 57.6 cm³/mol. The van der Waals surface area contributed by atoms with Crippen molar-refractivity contribution in [1.82, 2.24) is 10.6 Å². The van der Waals surface area contributed by atoms with Crippen molar-refractivity contribution in [2.24, 2.45) is 0 Å². The highest BCUT2D eigenvalue weighted by atomic mass is 19.4. The monoisotopic (exact) mass is 282 g/mol. The first-order chi connectivity index (χ1) is 8.84. The number of carbonyl (C=O) groups is 1. The molecule has 2 N–H and O–H groups in total. The molecular formula is C11H11F5N2O. The van der Waals surface area contributed by atoms with Crippen LogP contribution in [0.3, 0.4) is 0 Å². The minimum atomic E-state index is -4.62. The topological polar surface area (TPSA) is 41.1 Å². The molecular weight excluding hydrogens is 271 g/mol. The highest BCUT2D eigenvalue weighted by Gasteiger charge is 2.31. The van der Waals surface area contributed by atoms with Crippen molar-refractivity contribution < 1.29 is 26.7 Å². The van der Waals surface area contributed by atoms with Gasteiger partial charge >= 0.3 is 12.2 Å². The van der Waals surface area contributed by atoms with Gasteiger partial charge < -0.3 is 10.6 Å². The molecule has 1 aromatic carbocycles. The molecule has 0 aromatic heterocycles. The number of hydrogen-bond acceptors (Lipinski definition) is 1. The maximum atomic E-state index is 13.4. The van der Waals surface area contributed by atoms with Gasteiger partial charge in [-0.2, -0.15) is 13.2 Å². The van der Waals surface area contributed by atoms with Crippen molar-refractivity contribution in [1.29, 1.82) is 0 Å². The van der Waals surface area contributed by atoms with E-state index in [1.807, 2.05) is 0 Å². The molecule has 0 heterocycles. The Labute approximate surface area is 105 Å². The van der Waals surface area contributed by atoms with Crippen LogP contribution in [0.25, 0.3) is 0 Å². The van der Waals surface area contributed by atoms with E-state index in [-0.39, 0.29) is 18.7 Å². The fraction of sp³-hybridized carbons (Fsp3) is 0.364. The molecule has 0 aliphatic rings. The van der Waals surface area contributed by atoms with Gasteiger partial charge in [0, 0.05) is 18.7 Å². The summed E-state index contributed by atoms with van der Waals surface area (Å²) < 4.78 is 61.9. The van der Waals surface area contributed by atoms with Gasteiger partial charge in [-0.05, 0) is 12.1 Å². The van der Waals surface area contributed by atoms with Gasteiger partial charge in [0.1, 0.15) is 12.5 Å². The zero-order valence-electron chi connectivity index (χ0n) is 9.65. The van der Waals surface area contributed by atoms with Crippen LogP contribution in [0.1, 0.15) is 11.1 Å². The van der Waals surface area contributed by atoms with Gasteiger partial charge in [-0.25, -0.2) is 13.6 Å². The number of rotatable bonds is 4. The first kappa shape index (κ1) is 15.2. The third kappa shape index (κ3) is 4.72. The van der Waals surface area contributed by atoms with Crippen LogP contribution in [0.4, 0.5) is 26.7 Å². The summed E-state index contributed by atoms with van der Waals surface area (Å²) in [5.41, 5.74) is -1.20. The summed E-state index contributed by atoms with van der Waals surface area (Å²) >= 11 is 0. The fourth-order valence-electron chi connectivity index (χ4n) is 1.27. The summed E-state index contributed by atoms with van der Waals surface area (Å²) in [7, 11) is 0. The molecule has 0 radical (unpaired) electrons. The first-order valence-corrected chi connectivity index (χ1v) is 5.28. The molecule has 0 bridgehead atoms. The number of alkyl halides is 4. The molecule has 0 aliphatic carbocycles. The minimum absolute atomic E-state index is 0.0941. The Morgan fingerprint density at radius 2 is 1.89 bits per heavy atom. The highest BCUT2D eigenvalue weighted by Crippen LogP contribution is 2.30. The number of halogens is 5. The molecule has 3 nitrogen and oxygen atoms in total. The van der Waals surface area contributed by atoms with Gasteiger partial charge in [-0.1, -0.05) is 6.07 Å². The third-order valence-electron chi connectivity index (χ3n) is 2.20. The van der Waals surface area contributed by atoms with E-state index in [4.69, 9.17) is 0 Å². The lowest BCUT2D eigenvalue weighted by Crippen LogP contribution is -2.36. The van der Waals surface area contributed by atoms with Crippen LogP contribution in [0, 0.1) is 5.82 Å². The van der Waals surface area contributed by atoms with Gasteiger partial charge in [0.25, 0.3) is 0 Å². The smallest absolute Gasteiger partial charge is 0.336 e. The molecule has 2 amide bonds. The van der Waals surface area contributed by atoms with Crippen molar-refractivity contribution in [2.45, 2.75) is 12.7 Å². The quantitative estimate of drug-likeness (QED) is 0.819. The number of hydrogen-bond donors (Lipinski definition) is 2. The Morgan fingerprint density at radius 3 is 2.42 bits per heavy atom. The minimum Gasteiger partial charge on any atom is -0.336 e. The van der Waals surface area contributed by atoms with E-state index in [0.29, 0.717) is 6.07 Å². The Bertz CT molecular complexity index is 447. The van der Waals surface area contributed by atoms with E-state index in [1.54, 1.807) is 0 Å². The summed E-state index contributed by atoms with van der Waals surface area (Å²) in [5.74, 6) is -1.07. The normalized spacial score (nSPS) is 11.2. The molecule has 0 fully saturated rings. The molecule has 0 saturated heterocycles. The second kappa shape index (κ2) is 6.35. The lowest BCUT2D eigenvalue weighted by Gasteiger charge is -2.10. The van der Waals surface area contributed by atoms with Gasteiger partial charge in [0.2, 0.25) is 0 Å². The number of benzene rings is 1. The Balaban J connectivity index is 2.63. The van der Waals surface area contributed by atoms with Crippen molar-refractivity contribution >= 4 is 6.03 Å².